The number of aliphatic hydroxyl groups is 1. The van der Waals surface area contributed by atoms with Crippen molar-refractivity contribution in [1.29, 1.82) is 0 Å². The molecule has 1 aromatic heterocycles. The van der Waals surface area contributed by atoms with Gasteiger partial charge >= 0.3 is 0 Å². The van der Waals surface area contributed by atoms with Gasteiger partial charge in [0.05, 0.1) is 23.4 Å². The predicted octanol–water partition coefficient (Wildman–Crippen LogP) is 6.77. The minimum Gasteiger partial charge on any atom is -0.493 e. The highest BCUT2D eigenvalue weighted by Crippen LogP contribution is 2.32. The van der Waals surface area contributed by atoms with Crippen LogP contribution in [0.5, 0.6) is 17.2 Å². The average molecular weight is 490 g/mol. The van der Waals surface area contributed by atoms with Crippen LogP contribution in [0, 0.1) is 12.7 Å². The fourth-order valence-corrected chi connectivity index (χ4v) is 3.91. The Morgan fingerprint density at radius 3 is 2.36 bits per heavy atom. The number of benzene rings is 3. The molecule has 4 aromatic rings. The molecule has 0 bridgehead atoms. The molecular formula is C30H32FNO4. The third-order valence-corrected chi connectivity index (χ3v) is 5.84. The van der Waals surface area contributed by atoms with Gasteiger partial charge in [-0.2, -0.15) is 0 Å². The standard InChI is InChI=1S/C30H32FNO4/c1-21-28(20-35-25-12-7-11-24(18-25)34-16-8-15-30(2,3)33)32-27-14-13-23(31)17-26(27)29(21)36-19-22-9-5-4-6-10-22/h4-7,9-14,17-18,33H,8,15-16,19-20H2,1-3H3. The summed E-state index contributed by atoms with van der Waals surface area (Å²) in [5.74, 6) is 1.62. The number of pyridine rings is 1. The van der Waals surface area contributed by atoms with Gasteiger partial charge in [-0.1, -0.05) is 36.4 Å². The Morgan fingerprint density at radius 2 is 1.61 bits per heavy atom. The zero-order chi connectivity index (χ0) is 25.5. The van der Waals surface area contributed by atoms with Gasteiger partial charge in [0.15, 0.2) is 0 Å². The summed E-state index contributed by atoms with van der Waals surface area (Å²) in [4.78, 5) is 4.73. The second-order valence-corrected chi connectivity index (χ2v) is 9.48. The first-order valence-corrected chi connectivity index (χ1v) is 12.1. The van der Waals surface area contributed by atoms with E-state index in [2.05, 4.69) is 0 Å². The number of hydrogen-bond donors (Lipinski definition) is 1. The second kappa shape index (κ2) is 11.4. The molecule has 36 heavy (non-hydrogen) atoms. The lowest BCUT2D eigenvalue weighted by Gasteiger charge is -2.17. The summed E-state index contributed by atoms with van der Waals surface area (Å²) in [7, 11) is 0. The van der Waals surface area contributed by atoms with Gasteiger partial charge in [0.1, 0.15) is 36.3 Å². The maximum Gasteiger partial charge on any atom is 0.134 e. The molecule has 3 aromatic carbocycles. The Labute approximate surface area is 211 Å². The van der Waals surface area contributed by atoms with Crippen LogP contribution in [0.2, 0.25) is 0 Å². The predicted molar refractivity (Wildman–Crippen MR) is 139 cm³/mol. The van der Waals surface area contributed by atoms with Crippen LogP contribution in [0.4, 0.5) is 4.39 Å². The smallest absolute Gasteiger partial charge is 0.134 e. The van der Waals surface area contributed by atoms with Gasteiger partial charge in [0, 0.05) is 17.0 Å². The van der Waals surface area contributed by atoms with Crippen LogP contribution < -0.4 is 14.2 Å². The molecule has 0 aliphatic rings. The minimum atomic E-state index is -0.700. The van der Waals surface area contributed by atoms with Gasteiger partial charge in [-0.3, -0.25) is 0 Å². The van der Waals surface area contributed by atoms with Crippen molar-refractivity contribution in [2.24, 2.45) is 0 Å². The normalized spacial score (nSPS) is 11.5. The van der Waals surface area contributed by atoms with E-state index in [0.717, 1.165) is 17.5 Å². The van der Waals surface area contributed by atoms with Crippen LogP contribution in [0.15, 0.2) is 72.8 Å². The van der Waals surface area contributed by atoms with Gasteiger partial charge in [-0.15, -0.1) is 0 Å². The molecule has 0 spiro atoms. The topological polar surface area (TPSA) is 60.8 Å². The maximum absolute atomic E-state index is 14.1. The van der Waals surface area contributed by atoms with Crippen molar-refractivity contribution in [1.82, 2.24) is 4.98 Å². The number of hydrogen-bond acceptors (Lipinski definition) is 5. The highest BCUT2D eigenvalue weighted by molar-refractivity contribution is 5.86. The van der Waals surface area contributed by atoms with E-state index in [1.165, 1.54) is 12.1 Å². The summed E-state index contributed by atoms with van der Waals surface area (Å²) < 4.78 is 32.1. The molecule has 0 unspecified atom stereocenters. The Morgan fingerprint density at radius 1 is 0.861 bits per heavy atom. The van der Waals surface area contributed by atoms with Gasteiger partial charge in [0.2, 0.25) is 0 Å². The van der Waals surface area contributed by atoms with Crippen molar-refractivity contribution in [2.75, 3.05) is 6.61 Å². The third-order valence-electron chi connectivity index (χ3n) is 5.84. The van der Waals surface area contributed by atoms with Crippen molar-refractivity contribution in [2.45, 2.75) is 52.4 Å². The summed E-state index contributed by atoms with van der Waals surface area (Å²) in [6, 6.07) is 21.8. The molecule has 4 rings (SSSR count). The highest BCUT2D eigenvalue weighted by Gasteiger charge is 2.15. The van der Waals surface area contributed by atoms with Gasteiger partial charge in [-0.05, 0) is 69.5 Å². The Bertz CT molecular complexity index is 1300. The molecule has 0 saturated heterocycles. The molecule has 1 heterocycles. The van der Waals surface area contributed by atoms with Crippen LogP contribution in [0.25, 0.3) is 10.9 Å². The highest BCUT2D eigenvalue weighted by atomic mass is 19.1. The van der Waals surface area contributed by atoms with E-state index >= 15 is 0 Å². The van der Waals surface area contributed by atoms with Crippen LogP contribution >= 0.6 is 0 Å². The summed E-state index contributed by atoms with van der Waals surface area (Å²) in [5, 5.41) is 10.5. The SMILES string of the molecule is Cc1c(COc2cccc(OCCCC(C)(C)O)c2)nc2ccc(F)cc2c1OCc1ccccc1. The van der Waals surface area contributed by atoms with Crippen molar-refractivity contribution < 1.29 is 23.7 Å². The summed E-state index contributed by atoms with van der Waals surface area (Å²) >= 11 is 0. The summed E-state index contributed by atoms with van der Waals surface area (Å²) in [6.45, 7) is 6.60. The van der Waals surface area contributed by atoms with Crippen LogP contribution in [-0.2, 0) is 13.2 Å². The minimum absolute atomic E-state index is 0.225. The third kappa shape index (κ3) is 6.95. The number of ether oxygens (including phenoxy) is 3. The van der Waals surface area contributed by atoms with Crippen LogP contribution in [-0.4, -0.2) is 22.3 Å². The zero-order valence-corrected chi connectivity index (χ0v) is 21.0. The zero-order valence-electron chi connectivity index (χ0n) is 21.0. The largest absolute Gasteiger partial charge is 0.493 e. The Hall–Kier alpha value is -3.64. The molecule has 0 aliphatic carbocycles. The molecule has 0 aliphatic heterocycles. The van der Waals surface area contributed by atoms with Gasteiger partial charge in [0.25, 0.3) is 0 Å². The first kappa shape index (κ1) is 25.5. The van der Waals surface area contributed by atoms with E-state index in [1.807, 2.05) is 61.5 Å². The van der Waals surface area contributed by atoms with Crippen LogP contribution in [0.3, 0.4) is 0 Å². The van der Waals surface area contributed by atoms with E-state index < -0.39 is 5.60 Å². The average Bonchev–Trinajstić information content (AvgIpc) is 2.85. The van der Waals surface area contributed by atoms with E-state index in [-0.39, 0.29) is 12.4 Å². The summed E-state index contributed by atoms with van der Waals surface area (Å²) in [6.07, 6.45) is 1.41. The molecule has 0 amide bonds. The molecule has 0 atom stereocenters. The van der Waals surface area contributed by atoms with E-state index in [9.17, 15) is 9.50 Å². The monoisotopic (exact) mass is 489 g/mol. The molecule has 5 nitrogen and oxygen atoms in total. The molecule has 1 N–H and O–H groups in total. The summed E-state index contributed by atoms with van der Waals surface area (Å²) in [5.41, 5.74) is 2.49. The van der Waals surface area contributed by atoms with Gasteiger partial charge in [-0.25, -0.2) is 9.37 Å². The van der Waals surface area contributed by atoms with Crippen molar-refractivity contribution >= 4 is 10.9 Å². The second-order valence-electron chi connectivity index (χ2n) is 9.48. The molecule has 0 fully saturated rings. The number of rotatable bonds is 11. The van der Waals surface area contributed by atoms with Crippen LogP contribution in [0.1, 0.15) is 43.5 Å². The maximum atomic E-state index is 14.1. The van der Waals surface area contributed by atoms with E-state index in [0.29, 0.717) is 53.5 Å². The Balaban J connectivity index is 1.49. The lowest BCUT2D eigenvalue weighted by Crippen LogP contribution is -2.19. The fourth-order valence-electron chi connectivity index (χ4n) is 3.91. The number of halogens is 1. The van der Waals surface area contributed by atoms with Crippen molar-refractivity contribution in [3.8, 4) is 17.2 Å². The number of aromatic nitrogens is 1. The van der Waals surface area contributed by atoms with Gasteiger partial charge < -0.3 is 19.3 Å². The molecule has 0 saturated carbocycles. The van der Waals surface area contributed by atoms with E-state index in [4.69, 9.17) is 19.2 Å². The first-order chi connectivity index (χ1) is 17.3. The van der Waals surface area contributed by atoms with Crippen molar-refractivity contribution in [3.63, 3.8) is 0 Å². The first-order valence-electron chi connectivity index (χ1n) is 12.1. The lowest BCUT2D eigenvalue weighted by atomic mass is 10.0. The number of fused-ring (bicyclic) bond motifs is 1. The molecule has 188 valence electrons. The lowest BCUT2D eigenvalue weighted by molar-refractivity contribution is 0.0641. The fraction of sp³-hybridized carbons (Fsp3) is 0.300. The quantitative estimate of drug-likeness (QED) is 0.236. The van der Waals surface area contributed by atoms with E-state index in [1.54, 1.807) is 19.9 Å². The molecule has 0 radical (unpaired) electrons. The number of nitrogens with zero attached hydrogens (tertiary/aromatic N) is 1. The molecule has 6 heteroatoms. The molecular weight excluding hydrogens is 457 g/mol. The van der Waals surface area contributed by atoms with Crippen molar-refractivity contribution in [3.05, 3.63) is 95.4 Å². The Kier molecular flexibility index (Phi) is 8.06.